The predicted molar refractivity (Wildman–Crippen MR) is 92.5 cm³/mol. The quantitative estimate of drug-likeness (QED) is 0.599. The molecule has 1 aromatic carbocycles. The minimum Gasteiger partial charge on any atom is -0.442 e. The van der Waals surface area contributed by atoms with Crippen molar-refractivity contribution in [2.75, 3.05) is 6.26 Å². The molecule has 0 radical (unpaired) electrons. The van der Waals surface area contributed by atoms with Gasteiger partial charge in [0.1, 0.15) is 11.3 Å². The molecule has 9 nitrogen and oxygen atoms in total. The number of hydrogen-bond acceptors (Lipinski definition) is 7. The molecule has 0 fully saturated rings. The lowest BCUT2D eigenvalue weighted by Gasteiger charge is -2.33. The average Bonchev–Trinajstić information content (AvgIpc) is 2.81. The number of hydrazone groups is 1. The third kappa shape index (κ3) is 3.70. The van der Waals surface area contributed by atoms with Gasteiger partial charge in [0.2, 0.25) is 0 Å². The molecule has 0 spiro atoms. The maximum Gasteiger partial charge on any atom is 0.435 e. The molecule has 0 aliphatic carbocycles. The molecule has 0 bridgehead atoms. The molecule has 2 N–H and O–H groups in total. The maximum atomic E-state index is 12.3. The molecular weight excluding hydrogens is 362 g/mol. The van der Waals surface area contributed by atoms with Crippen molar-refractivity contribution < 1.29 is 28.0 Å². The van der Waals surface area contributed by atoms with E-state index in [1.807, 2.05) is 0 Å². The number of sulfone groups is 1. The molecule has 1 aromatic rings. The SMILES string of the molecule is CC(C)(C)OC(=O)N(O)C1(C)C(=O)NN=C1c1ccc(S(C)(=O)=O)cc1. The fourth-order valence-electron chi connectivity index (χ4n) is 2.32. The minimum absolute atomic E-state index is 0.0518. The summed E-state index contributed by atoms with van der Waals surface area (Å²) in [6.07, 6.45) is -0.0417. The van der Waals surface area contributed by atoms with Crippen molar-refractivity contribution >= 4 is 27.5 Å². The third-order valence-corrected chi connectivity index (χ3v) is 4.85. The topological polar surface area (TPSA) is 125 Å². The summed E-state index contributed by atoms with van der Waals surface area (Å²) in [6.45, 7) is 6.17. The standard InChI is InChI=1S/C16H21N3O6S/c1-15(2,3)25-14(21)19(22)16(4)12(17-18-13(16)20)10-6-8-11(9-7-10)26(5,23)24/h6-9,22H,1-5H3,(H,18,20). The van der Waals surface area contributed by atoms with Gasteiger partial charge < -0.3 is 4.74 Å². The van der Waals surface area contributed by atoms with Crippen molar-refractivity contribution in [3.63, 3.8) is 0 Å². The first-order valence-corrected chi connectivity index (χ1v) is 9.57. The van der Waals surface area contributed by atoms with Crippen molar-refractivity contribution in [2.45, 2.75) is 43.7 Å². The van der Waals surface area contributed by atoms with Gasteiger partial charge in [-0.05, 0) is 39.8 Å². The van der Waals surface area contributed by atoms with Gasteiger partial charge in [-0.15, -0.1) is 0 Å². The monoisotopic (exact) mass is 383 g/mol. The maximum absolute atomic E-state index is 12.3. The molecule has 142 valence electrons. The lowest BCUT2D eigenvalue weighted by atomic mass is 9.90. The van der Waals surface area contributed by atoms with Crippen LogP contribution in [0.2, 0.25) is 0 Å². The molecule has 1 atom stereocenters. The second-order valence-electron chi connectivity index (χ2n) is 7.06. The van der Waals surface area contributed by atoms with Crippen LogP contribution in [0.4, 0.5) is 4.79 Å². The fraction of sp³-hybridized carbons (Fsp3) is 0.438. The third-order valence-electron chi connectivity index (χ3n) is 3.72. The Balaban J connectivity index is 2.40. The van der Waals surface area contributed by atoms with E-state index in [1.165, 1.54) is 31.2 Å². The number of rotatable bonds is 3. The molecule has 0 aromatic heterocycles. The zero-order valence-corrected chi connectivity index (χ0v) is 15.9. The first kappa shape index (κ1) is 19.9. The predicted octanol–water partition coefficient (Wildman–Crippen LogP) is 1.31. The fourth-order valence-corrected chi connectivity index (χ4v) is 2.95. The van der Waals surface area contributed by atoms with Crippen LogP contribution < -0.4 is 5.43 Å². The Morgan fingerprint density at radius 1 is 1.27 bits per heavy atom. The van der Waals surface area contributed by atoms with E-state index in [0.29, 0.717) is 5.56 Å². The molecule has 26 heavy (non-hydrogen) atoms. The van der Waals surface area contributed by atoms with E-state index in [2.05, 4.69) is 10.5 Å². The van der Waals surface area contributed by atoms with Crippen LogP contribution in [-0.4, -0.2) is 53.8 Å². The highest BCUT2D eigenvalue weighted by molar-refractivity contribution is 7.90. The summed E-state index contributed by atoms with van der Waals surface area (Å²) in [7, 11) is -3.39. The van der Waals surface area contributed by atoms with E-state index in [1.54, 1.807) is 20.8 Å². The molecule has 1 aliphatic heterocycles. The smallest absolute Gasteiger partial charge is 0.435 e. The number of amides is 2. The largest absolute Gasteiger partial charge is 0.442 e. The van der Waals surface area contributed by atoms with E-state index in [0.717, 1.165) is 6.26 Å². The van der Waals surface area contributed by atoms with Crippen molar-refractivity contribution in [3.05, 3.63) is 29.8 Å². The van der Waals surface area contributed by atoms with Gasteiger partial charge in [0.15, 0.2) is 15.4 Å². The normalized spacial score (nSPS) is 20.4. The van der Waals surface area contributed by atoms with Crippen molar-refractivity contribution in [2.24, 2.45) is 5.10 Å². The highest BCUT2D eigenvalue weighted by Crippen LogP contribution is 2.27. The van der Waals surface area contributed by atoms with Crippen LogP contribution in [0.25, 0.3) is 0 Å². The van der Waals surface area contributed by atoms with Gasteiger partial charge >= 0.3 is 6.09 Å². The number of carbonyl (C=O) groups is 2. The number of hydrogen-bond donors (Lipinski definition) is 2. The van der Waals surface area contributed by atoms with Crippen LogP contribution in [-0.2, 0) is 19.4 Å². The number of hydroxylamine groups is 2. The first-order valence-electron chi connectivity index (χ1n) is 7.68. The summed E-state index contributed by atoms with van der Waals surface area (Å²) >= 11 is 0. The van der Waals surface area contributed by atoms with E-state index in [9.17, 15) is 23.2 Å². The molecule has 0 saturated heterocycles. The second-order valence-corrected chi connectivity index (χ2v) is 9.08. The van der Waals surface area contributed by atoms with E-state index in [-0.39, 0.29) is 15.7 Å². The number of ether oxygens (including phenoxy) is 1. The molecule has 1 heterocycles. The number of nitrogens with zero attached hydrogens (tertiary/aromatic N) is 2. The Morgan fingerprint density at radius 2 is 1.81 bits per heavy atom. The number of nitrogens with one attached hydrogen (secondary N) is 1. The van der Waals surface area contributed by atoms with Crippen LogP contribution in [0, 0.1) is 0 Å². The first-order chi connectivity index (χ1) is 11.8. The molecule has 1 aliphatic rings. The van der Waals surface area contributed by atoms with Gasteiger partial charge in [-0.3, -0.25) is 10.0 Å². The van der Waals surface area contributed by atoms with Crippen molar-refractivity contribution in [1.29, 1.82) is 0 Å². The Bertz CT molecular complexity index is 870. The van der Waals surface area contributed by atoms with Gasteiger partial charge in [0.05, 0.1) is 4.90 Å². The average molecular weight is 383 g/mol. The Hall–Kier alpha value is -2.46. The van der Waals surface area contributed by atoms with Crippen LogP contribution >= 0.6 is 0 Å². The zero-order chi connectivity index (χ0) is 19.9. The summed E-state index contributed by atoms with van der Waals surface area (Å²) in [5.41, 5.74) is -0.0782. The van der Waals surface area contributed by atoms with Gasteiger partial charge in [0, 0.05) is 11.8 Å². The van der Waals surface area contributed by atoms with E-state index in [4.69, 9.17) is 4.74 Å². The van der Waals surface area contributed by atoms with Crippen LogP contribution in [0.15, 0.2) is 34.3 Å². The second kappa shape index (κ2) is 6.36. The number of benzene rings is 1. The summed E-state index contributed by atoms with van der Waals surface area (Å²) in [6, 6.07) is 5.59. The molecule has 2 amide bonds. The Morgan fingerprint density at radius 3 is 2.27 bits per heavy atom. The highest BCUT2D eigenvalue weighted by Gasteiger charge is 2.52. The number of carbonyl (C=O) groups excluding carboxylic acids is 2. The van der Waals surface area contributed by atoms with Crippen molar-refractivity contribution in [3.8, 4) is 0 Å². The van der Waals surface area contributed by atoms with E-state index < -0.39 is 33.0 Å². The lowest BCUT2D eigenvalue weighted by Crippen LogP contribution is -2.59. The minimum atomic E-state index is -3.39. The lowest BCUT2D eigenvalue weighted by molar-refractivity contribution is -0.155. The Labute approximate surface area is 151 Å². The summed E-state index contributed by atoms with van der Waals surface area (Å²) < 4.78 is 28.2. The van der Waals surface area contributed by atoms with Crippen LogP contribution in [0.1, 0.15) is 33.3 Å². The van der Waals surface area contributed by atoms with Crippen LogP contribution in [0.5, 0.6) is 0 Å². The van der Waals surface area contributed by atoms with Gasteiger partial charge in [-0.1, -0.05) is 12.1 Å². The van der Waals surface area contributed by atoms with Crippen molar-refractivity contribution in [1.82, 2.24) is 10.5 Å². The summed E-state index contributed by atoms with van der Waals surface area (Å²) in [5.74, 6) is -0.729. The zero-order valence-electron chi connectivity index (χ0n) is 15.1. The van der Waals surface area contributed by atoms with Gasteiger partial charge in [0.25, 0.3) is 5.91 Å². The Kier molecular flexibility index (Phi) is 4.86. The molecule has 1 unspecified atom stereocenters. The summed E-state index contributed by atoms with van der Waals surface area (Å²) in [4.78, 5) is 24.6. The van der Waals surface area contributed by atoms with E-state index >= 15 is 0 Å². The molecular formula is C16H21N3O6S. The van der Waals surface area contributed by atoms with Gasteiger partial charge in [-0.25, -0.2) is 18.6 Å². The van der Waals surface area contributed by atoms with Gasteiger partial charge in [-0.2, -0.15) is 10.2 Å². The highest BCUT2D eigenvalue weighted by atomic mass is 32.2. The molecule has 10 heteroatoms. The van der Waals surface area contributed by atoms with Crippen LogP contribution in [0.3, 0.4) is 0 Å². The molecule has 0 saturated carbocycles. The summed E-state index contributed by atoms with van der Waals surface area (Å²) in [5, 5.41) is 14.4. The molecule has 2 rings (SSSR count).